The molecule has 1 N–H and O–H groups in total. The van der Waals surface area contributed by atoms with Crippen molar-refractivity contribution in [3.05, 3.63) is 58.0 Å². The van der Waals surface area contributed by atoms with Crippen LogP contribution in [0.5, 0.6) is 0 Å². The number of likely N-dealkylation sites (tertiary alicyclic amines) is 1. The Morgan fingerprint density at radius 3 is 2.55 bits per heavy atom. The first kappa shape index (κ1) is 19.5. The van der Waals surface area contributed by atoms with Gasteiger partial charge in [0.05, 0.1) is 24.0 Å². The van der Waals surface area contributed by atoms with E-state index >= 15 is 0 Å². The van der Waals surface area contributed by atoms with E-state index in [0.29, 0.717) is 44.6 Å². The quantitative estimate of drug-likeness (QED) is 0.840. The number of piperidine rings is 1. The van der Waals surface area contributed by atoms with E-state index in [2.05, 4.69) is 5.10 Å². The van der Waals surface area contributed by atoms with Gasteiger partial charge in [-0.05, 0) is 31.4 Å². The lowest BCUT2D eigenvalue weighted by Crippen LogP contribution is -2.44. The fraction of sp³-hybridized carbons (Fsp3) is 0.450. The Hall–Kier alpha value is -2.81. The minimum absolute atomic E-state index is 0.154. The summed E-state index contributed by atoms with van der Waals surface area (Å²) in [7, 11) is 0. The SMILES string of the molecule is O=C(c1c(F)cccc1F)N1CCCC(n2ncc(N3CC[C@H](O)C3)cc2=O)C1. The summed E-state index contributed by atoms with van der Waals surface area (Å²) in [4.78, 5) is 28.6. The van der Waals surface area contributed by atoms with Crippen molar-refractivity contribution in [2.75, 3.05) is 31.1 Å². The van der Waals surface area contributed by atoms with Gasteiger partial charge in [-0.1, -0.05) is 6.07 Å². The van der Waals surface area contributed by atoms with Gasteiger partial charge in [-0.3, -0.25) is 9.59 Å². The Morgan fingerprint density at radius 1 is 1.14 bits per heavy atom. The number of halogens is 2. The largest absolute Gasteiger partial charge is 0.391 e. The summed E-state index contributed by atoms with van der Waals surface area (Å²) < 4.78 is 29.3. The van der Waals surface area contributed by atoms with Crippen LogP contribution >= 0.6 is 0 Å². The van der Waals surface area contributed by atoms with Gasteiger partial charge in [0.1, 0.15) is 17.2 Å². The van der Waals surface area contributed by atoms with Gasteiger partial charge in [-0.2, -0.15) is 5.10 Å². The molecule has 29 heavy (non-hydrogen) atoms. The standard InChI is InChI=1S/C20H22F2N4O3/c21-16-4-1-5-17(22)19(16)20(29)25-7-2-3-13(11-25)26-18(28)9-14(10-23-26)24-8-6-15(27)12-24/h1,4-5,9-10,13,15,27H,2-3,6-8,11-12H2/t13?,15-/m0/s1. The van der Waals surface area contributed by atoms with Crippen LogP contribution in [0.3, 0.4) is 0 Å². The number of aliphatic hydroxyl groups excluding tert-OH is 1. The first-order valence-corrected chi connectivity index (χ1v) is 9.69. The van der Waals surface area contributed by atoms with Crippen LogP contribution in [0.2, 0.25) is 0 Å². The van der Waals surface area contributed by atoms with Gasteiger partial charge in [-0.15, -0.1) is 0 Å². The van der Waals surface area contributed by atoms with E-state index in [9.17, 15) is 23.5 Å². The average molecular weight is 404 g/mol. The smallest absolute Gasteiger partial charge is 0.269 e. The molecule has 2 aliphatic heterocycles. The number of hydrogen-bond donors (Lipinski definition) is 1. The highest BCUT2D eigenvalue weighted by Crippen LogP contribution is 2.24. The normalized spacial score (nSPS) is 22.2. The van der Waals surface area contributed by atoms with Crippen LogP contribution in [0, 0.1) is 11.6 Å². The van der Waals surface area contributed by atoms with Crippen molar-refractivity contribution in [3.8, 4) is 0 Å². The molecule has 1 aromatic heterocycles. The van der Waals surface area contributed by atoms with Gasteiger partial charge >= 0.3 is 0 Å². The van der Waals surface area contributed by atoms with E-state index in [4.69, 9.17) is 0 Å². The monoisotopic (exact) mass is 404 g/mol. The lowest BCUT2D eigenvalue weighted by molar-refractivity contribution is 0.0660. The maximum absolute atomic E-state index is 14.0. The van der Waals surface area contributed by atoms with Gasteiger partial charge in [0.25, 0.3) is 11.5 Å². The molecular formula is C20H22F2N4O3. The van der Waals surface area contributed by atoms with Gasteiger partial charge in [0.2, 0.25) is 0 Å². The number of β-amino-alcohol motifs (C(OH)–C–C–N with tert-alkyl or cyclic N) is 1. The molecule has 0 aliphatic carbocycles. The van der Waals surface area contributed by atoms with Crippen molar-refractivity contribution in [1.82, 2.24) is 14.7 Å². The number of hydrogen-bond acceptors (Lipinski definition) is 5. The zero-order valence-electron chi connectivity index (χ0n) is 15.8. The van der Waals surface area contributed by atoms with Gasteiger partial charge in [-0.25, -0.2) is 13.5 Å². The number of amides is 1. The number of aliphatic hydroxyl groups is 1. The molecule has 2 fully saturated rings. The first-order valence-electron chi connectivity index (χ1n) is 9.69. The molecular weight excluding hydrogens is 382 g/mol. The third kappa shape index (κ3) is 3.87. The number of carbonyl (C=O) groups is 1. The Morgan fingerprint density at radius 2 is 1.90 bits per heavy atom. The number of aromatic nitrogens is 2. The summed E-state index contributed by atoms with van der Waals surface area (Å²) in [5.74, 6) is -2.52. The number of anilines is 1. The third-order valence-electron chi connectivity index (χ3n) is 5.55. The highest BCUT2D eigenvalue weighted by molar-refractivity contribution is 5.94. The van der Waals surface area contributed by atoms with E-state index in [0.717, 1.165) is 12.1 Å². The van der Waals surface area contributed by atoms with Crippen molar-refractivity contribution in [2.24, 2.45) is 0 Å². The molecule has 7 nitrogen and oxygen atoms in total. The fourth-order valence-electron chi connectivity index (χ4n) is 4.03. The molecule has 4 rings (SSSR count). The van der Waals surface area contributed by atoms with E-state index in [-0.39, 0.29) is 18.1 Å². The molecule has 1 aromatic carbocycles. The van der Waals surface area contributed by atoms with Crippen LogP contribution in [-0.2, 0) is 0 Å². The second-order valence-corrected chi connectivity index (χ2v) is 7.53. The highest BCUT2D eigenvalue weighted by Gasteiger charge is 2.30. The summed E-state index contributed by atoms with van der Waals surface area (Å²) in [5, 5.41) is 13.9. The van der Waals surface area contributed by atoms with E-state index < -0.39 is 29.2 Å². The van der Waals surface area contributed by atoms with Gasteiger partial charge in [0.15, 0.2) is 0 Å². The summed E-state index contributed by atoms with van der Waals surface area (Å²) >= 11 is 0. The van der Waals surface area contributed by atoms with Crippen molar-refractivity contribution in [1.29, 1.82) is 0 Å². The van der Waals surface area contributed by atoms with Gasteiger partial charge in [0, 0.05) is 32.2 Å². The van der Waals surface area contributed by atoms with Crippen molar-refractivity contribution >= 4 is 11.6 Å². The lowest BCUT2D eigenvalue weighted by Gasteiger charge is -2.33. The molecule has 0 bridgehead atoms. The summed E-state index contributed by atoms with van der Waals surface area (Å²) in [6.45, 7) is 1.64. The second kappa shape index (κ2) is 7.90. The van der Waals surface area contributed by atoms with Crippen LogP contribution in [0.4, 0.5) is 14.5 Å². The molecule has 1 amide bonds. The second-order valence-electron chi connectivity index (χ2n) is 7.53. The topological polar surface area (TPSA) is 78.7 Å². The molecule has 9 heteroatoms. The summed E-state index contributed by atoms with van der Waals surface area (Å²) in [6.07, 6.45) is 3.06. The predicted molar refractivity (Wildman–Crippen MR) is 102 cm³/mol. The molecule has 0 radical (unpaired) electrons. The molecule has 154 valence electrons. The minimum atomic E-state index is -0.899. The Kier molecular flexibility index (Phi) is 5.31. The number of carbonyl (C=O) groups excluding carboxylic acids is 1. The molecule has 2 aliphatic rings. The summed E-state index contributed by atoms with van der Waals surface area (Å²) in [5.41, 5.74) is -0.225. The highest BCUT2D eigenvalue weighted by atomic mass is 19.1. The van der Waals surface area contributed by atoms with E-state index in [1.165, 1.54) is 21.7 Å². The Balaban J connectivity index is 1.53. The summed E-state index contributed by atoms with van der Waals surface area (Å²) in [6, 6.07) is 4.43. The van der Waals surface area contributed by atoms with Crippen LogP contribution < -0.4 is 10.5 Å². The number of rotatable bonds is 3. The lowest BCUT2D eigenvalue weighted by atomic mass is 10.0. The zero-order chi connectivity index (χ0) is 20.5. The molecule has 0 spiro atoms. The van der Waals surface area contributed by atoms with E-state index in [1.54, 1.807) is 6.20 Å². The third-order valence-corrected chi connectivity index (χ3v) is 5.55. The van der Waals surface area contributed by atoms with Crippen LogP contribution in [0.15, 0.2) is 35.3 Å². The average Bonchev–Trinajstić information content (AvgIpc) is 3.14. The van der Waals surface area contributed by atoms with Crippen molar-refractivity contribution in [2.45, 2.75) is 31.4 Å². The van der Waals surface area contributed by atoms with Crippen molar-refractivity contribution in [3.63, 3.8) is 0 Å². The molecule has 0 saturated carbocycles. The van der Waals surface area contributed by atoms with Crippen LogP contribution in [0.1, 0.15) is 35.7 Å². The maximum Gasteiger partial charge on any atom is 0.269 e. The van der Waals surface area contributed by atoms with Gasteiger partial charge < -0.3 is 14.9 Å². The number of benzene rings is 1. The predicted octanol–water partition coefficient (Wildman–Crippen LogP) is 1.57. The zero-order valence-corrected chi connectivity index (χ0v) is 15.8. The molecule has 3 heterocycles. The van der Waals surface area contributed by atoms with Crippen LogP contribution in [-0.4, -0.2) is 58.0 Å². The first-order chi connectivity index (χ1) is 13.9. The van der Waals surface area contributed by atoms with Crippen LogP contribution in [0.25, 0.3) is 0 Å². The molecule has 2 saturated heterocycles. The Bertz CT molecular complexity index is 960. The molecule has 2 atom stereocenters. The maximum atomic E-state index is 14.0. The number of nitrogens with zero attached hydrogens (tertiary/aromatic N) is 4. The Labute approximate surface area is 166 Å². The molecule has 1 unspecified atom stereocenters. The van der Waals surface area contributed by atoms with Crippen molar-refractivity contribution < 1.29 is 18.7 Å². The minimum Gasteiger partial charge on any atom is -0.391 e. The van der Waals surface area contributed by atoms with E-state index in [1.807, 2.05) is 4.90 Å². The fourth-order valence-corrected chi connectivity index (χ4v) is 4.03. The molecule has 2 aromatic rings.